The van der Waals surface area contributed by atoms with E-state index in [0.29, 0.717) is 17.4 Å². The highest BCUT2D eigenvalue weighted by molar-refractivity contribution is 8.00. The summed E-state index contributed by atoms with van der Waals surface area (Å²) in [7, 11) is 0. The van der Waals surface area contributed by atoms with Crippen molar-refractivity contribution < 1.29 is 4.79 Å². The minimum absolute atomic E-state index is 0.141. The summed E-state index contributed by atoms with van der Waals surface area (Å²) >= 11 is 7.63. The molecule has 3 nitrogen and oxygen atoms in total. The highest BCUT2D eigenvalue weighted by atomic mass is 35.5. The molecule has 1 aromatic heterocycles. The summed E-state index contributed by atoms with van der Waals surface area (Å²) in [4.78, 5) is 16.0. The first-order valence-electron chi connectivity index (χ1n) is 6.11. The molecule has 1 N–H and O–H groups in total. The second kappa shape index (κ2) is 5.93. The number of hydrogen-bond donors (Lipinski definition) is 1. The molecule has 2 rings (SSSR count). The normalized spacial score (nSPS) is 17.7. The Morgan fingerprint density at radius 2 is 2.22 bits per heavy atom. The number of pyridine rings is 1. The summed E-state index contributed by atoms with van der Waals surface area (Å²) in [5.74, 6) is -0.141. The average Bonchev–Trinajstić information content (AvgIpc) is 2.85. The van der Waals surface area contributed by atoms with Crippen molar-refractivity contribution in [2.75, 3.05) is 12.8 Å². The molecule has 0 aliphatic heterocycles. The molecular formula is C13H17ClN2OS. The maximum Gasteiger partial charge on any atom is 0.269 e. The first-order chi connectivity index (χ1) is 8.65. The van der Waals surface area contributed by atoms with Crippen molar-refractivity contribution in [1.82, 2.24) is 10.3 Å². The van der Waals surface area contributed by atoms with Gasteiger partial charge in [-0.15, -0.1) is 0 Å². The zero-order valence-corrected chi connectivity index (χ0v) is 12.0. The number of nitrogens with zero attached hydrogens (tertiary/aromatic N) is 1. The molecule has 18 heavy (non-hydrogen) atoms. The third-order valence-corrected chi connectivity index (χ3v) is 5.10. The lowest BCUT2D eigenvalue weighted by atomic mass is 10.1. The van der Waals surface area contributed by atoms with E-state index in [-0.39, 0.29) is 10.7 Å². The molecule has 1 aliphatic rings. The highest BCUT2D eigenvalue weighted by Gasteiger charge is 2.33. The second-order valence-electron chi connectivity index (χ2n) is 4.62. The number of carbonyl (C=O) groups excluding carboxylic acids is 1. The minimum atomic E-state index is -0.141. The van der Waals surface area contributed by atoms with Gasteiger partial charge in [0, 0.05) is 11.3 Å². The van der Waals surface area contributed by atoms with Gasteiger partial charge in [0.2, 0.25) is 0 Å². The number of carbonyl (C=O) groups is 1. The second-order valence-corrected chi connectivity index (χ2v) is 6.28. The summed E-state index contributed by atoms with van der Waals surface area (Å²) in [6.45, 7) is 0.710. The number of halogens is 1. The van der Waals surface area contributed by atoms with Crippen molar-refractivity contribution in [2.45, 2.75) is 30.4 Å². The van der Waals surface area contributed by atoms with Crippen LogP contribution in [0.3, 0.4) is 0 Å². The third kappa shape index (κ3) is 3.18. The highest BCUT2D eigenvalue weighted by Crippen LogP contribution is 2.39. The molecule has 1 heterocycles. The van der Waals surface area contributed by atoms with Crippen molar-refractivity contribution in [1.29, 1.82) is 0 Å². The van der Waals surface area contributed by atoms with Crippen LogP contribution in [0.15, 0.2) is 18.2 Å². The molecule has 0 bridgehead atoms. The van der Waals surface area contributed by atoms with Gasteiger partial charge in [0.05, 0.1) is 0 Å². The van der Waals surface area contributed by atoms with E-state index in [1.54, 1.807) is 18.2 Å². The van der Waals surface area contributed by atoms with Crippen LogP contribution in [0, 0.1) is 0 Å². The molecule has 0 radical (unpaired) electrons. The molecular weight excluding hydrogens is 268 g/mol. The lowest BCUT2D eigenvalue weighted by Gasteiger charge is -2.26. The van der Waals surface area contributed by atoms with Gasteiger partial charge in [-0.1, -0.05) is 30.5 Å². The van der Waals surface area contributed by atoms with Gasteiger partial charge in [0.1, 0.15) is 10.8 Å². The smallest absolute Gasteiger partial charge is 0.269 e. The minimum Gasteiger partial charge on any atom is -0.349 e. The van der Waals surface area contributed by atoms with Crippen molar-refractivity contribution in [3.8, 4) is 0 Å². The van der Waals surface area contributed by atoms with E-state index in [1.807, 2.05) is 11.8 Å². The van der Waals surface area contributed by atoms with E-state index in [9.17, 15) is 4.79 Å². The number of aromatic nitrogens is 1. The maximum absolute atomic E-state index is 12.0. The molecule has 0 unspecified atom stereocenters. The van der Waals surface area contributed by atoms with Crippen molar-refractivity contribution in [3.63, 3.8) is 0 Å². The zero-order valence-electron chi connectivity index (χ0n) is 10.4. The first kappa shape index (κ1) is 13.7. The number of amides is 1. The van der Waals surface area contributed by atoms with Crippen LogP contribution in [-0.2, 0) is 0 Å². The summed E-state index contributed by atoms with van der Waals surface area (Å²) in [5.41, 5.74) is 0.386. The van der Waals surface area contributed by atoms with Crippen molar-refractivity contribution >= 4 is 29.3 Å². The van der Waals surface area contributed by atoms with Gasteiger partial charge in [-0.05, 0) is 31.2 Å². The Bertz CT molecular complexity index is 433. The SMILES string of the molecule is CSC1(CNC(=O)c2cccc(Cl)n2)CCCC1. The molecule has 5 heteroatoms. The van der Waals surface area contributed by atoms with Crippen LogP contribution in [0.1, 0.15) is 36.2 Å². The number of hydrogen-bond acceptors (Lipinski definition) is 3. The molecule has 0 saturated heterocycles. The van der Waals surface area contributed by atoms with Crippen LogP contribution >= 0.6 is 23.4 Å². The van der Waals surface area contributed by atoms with Gasteiger partial charge in [-0.2, -0.15) is 11.8 Å². The van der Waals surface area contributed by atoms with Crippen LogP contribution in [0.4, 0.5) is 0 Å². The van der Waals surface area contributed by atoms with Crippen LogP contribution in [0.5, 0.6) is 0 Å². The van der Waals surface area contributed by atoms with Gasteiger partial charge in [0.15, 0.2) is 0 Å². The predicted molar refractivity (Wildman–Crippen MR) is 76.3 cm³/mol. The Kier molecular flexibility index (Phi) is 4.51. The molecule has 1 fully saturated rings. The van der Waals surface area contributed by atoms with E-state index in [2.05, 4.69) is 16.6 Å². The van der Waals surface area contributed by atoms with E-state index < -0.39 is 0 Å². The monoisotopic (exact) mass is 284 g/mol. The summed E-state index contributed by atoms with van der Waals surface area (Å²) in [5, 5.41) is 3.33. The van der Waals surface area contributed by atoms with E-state index in [0.717, 1.165) is 0 Å². The number of nitrogens with one attached hydrogen (secondary N) is 1. The standard InChI is InChI=1S/C13H17ClN2OS/c1-18-13(7-2-3-8-13)9-15-12(17)10-5-4-6-11(14)16-10/h4-6H,2-3,7-9H2,1H3,(H,15,17). The van der Waals surface area contributed by atoms with Crippen LogP contribution in [0.25, 0.3) is 0 Å². The Hall–Kier alpha value is -0.740. The van der Waals surface area contributed by atoms with Gasteiger partial charge in [-0.3, -0.25) is 4.79 Å². The Morgan fingerprint density at radius 1 is 1.50 bits per heavy atom. The molecule has 0 spiro atoms. The molecule has 1 saturated carbocycles. The van der Waals surface area contributed by atoms with Crippen molar-refractivity contribution in [3.05, 3.63) is 29.0 Å². The lowest BCUT2D eigenvalue weighted by Crippen LogP contribution is -2.38. The molecule has 1 amide bonds. The molecule has 98 valence electrons. The summed E-state index contributed by atoms with van der Waals surface area (Å²) < 4.78 is 0.217. The fourth-order valence-electron chi connectivity index (χ4n) is 2.34. The van der Waals surface area contributed by atoms with E-state index in [4.69, 9.17) is 11.6 Å². The van der Waals surface area contributed by atoms with E-state index >= 15 is 0 Å². The van der Waals surface area contributed by atoms with Crippen LogP contribution in [0.2, 0.25) is 5.15 Å². The van der Waals surface area contributed by atoms with Crippen molar-refractivity contribution in [2.24, 2.45) is 0 Å². The molecule has 1 aliphatic carbocycles. The van der Waals surface area contributed by atoms with Crippen LogP contribution < -0.4 is 5.32 Å². The quantitative estimate of drug-likeness (QED) is 0.864. The first-order valence-corrected chi connectivity index (χ1v) is 7.71. The van der Waals surface area contributed by atoms with Gasteiger partial charge < -0.3 is 5.32 Å². The Morgan fingerprint density at radius 3 is 2.83 bits per heavy atom. The molecule has 0 aromatic carbocycles. The molecule has 0 atom stereocenters. The van der Waals surface area contributed by atoms with Gasteiger partial charge >= 0.3 is 0 Å². The fourth-order valence-corrected chi connectivity index (χ4v) is 3.42. The average molecular weight is 285 g/mol. The topological polar surface area (TPSA) is 42.0 Å². The third-order valence-electron chi connectivity index (χ3n) is 3.47. The predicted octanol–water partition coefficient (Wildman–Crippen LogP) is 3.14. The fraction of sp³-hybridized carbons (Fsp3) is 0.538. The summed E-state index contributed by atoms with van der Waals surface area (Å²) in [6.07, 6.45) is 6.99. The molecule has 1 aromatic rings. The van der Waals surface area contributed by atoms with Gasteiger partial charge in [-0.25, -0.2) is 4.98 Å². The summed E-state index contributed by atoms with van der Waals surface area (Å²) in [6, 6.07) is 5.09. The van der Waals surface area contributed by atoms with E-state index in [1.165, 1.54) is 25.7 Å². The van der Waals surface area contributed by atoms with Crippen LogP contribution in [-0.4, -0.2) is 28.4 Å². The maximum atomic E-state index is 12.0. The Balaban J connectivity index is 1.96. The van der Waals surface area contributed by atoms with Gasteiger partial charge in [0.25, 0.3) is 5.91 Å². The lowest BCUT2D eigenvalue weighted by molar-refractivity contribution is 0.0944. The largest absolute Gasteiger partial charge is 0.349 e. The zero-order chi connectivity index (χ0) is 13.0. The number of rotatable bonds is 4. The number of thioether (sulfide) groups is 1. The Labute approximate surface area is 117 Å².